The van der Waals surface area contributed by atoms with Gasteiger partial charge in [0.15, 0.2) is 17.2 Å². The van der Waals surface area contributed by atoms with Gasteiger partial charge in [-0.2, -0.15) is 5.10 Å². The first-order valence-corrected chi connectivity index (χ1v) is 20.0. The van der Waals surface area contributed by atoms with E-state index >= 15 is 0 Å². The number of nitrogens with one attached hydrogen (secondary N) is 1. The number of ether oxygens (including phenoxy) is 4. The third-order valence-electron chi connectivity index (χ3n) is 12.0. The molecule has 60 heavy (non-hydrogen) atoms. The van der Waals surface area contributed by atoms with Crippen molar-refractivity contribution in [3.05, 3.63) is 74.8 Å². The Morgan fingerprint density at radius 3 is 2.27 bits per heavy atom. The number of methoxy groups -OCH3 is 1. The van der Waals surface area contributed by atoms with Gasteiger partial charge in [-0.3, -0.25) is 19.4 Å². The first-order valence-electron chi connectivity index (χ1n) is 20.0. The second kappa shape index (κ2) is 18.5. The molecule has 5 N–H and O–H groups in total. The SMILES string of the molecule is CO[C@H]1/C=C/O[C@@]2(C)OC3=C(C)C(=O)c4c(O)c(c(C=NN5CCN(C)CC5)c(O)c4C3=C2N=O)NC(=O)/C(C)=C\C=C\[C@H](C)[C@H](O)[C@@H](C)[C@@H](O)[C@@H](C)[C@H](OC(C)=O)[C@@H]1C. The number of carbonyl (C=O) groups is 3. The number of phenolic OH excluding ortho intramolecular Hbond substituents is 2. The number of aliphatic hydroxyl groups is 2. The van der Waals surface area contributed by atoms with Crippen LogP contribution in [-0.4, -0.2) is 125 Å². The normalized spacial score (nSPS) is 32.9. The molecular formula is C43H57N5O12. The molecule has 5 aliphatic rings. The monoisotopic (exact) mass is 835 g/mol. The molecule has 1 amide bonds. The zero-order valence-corrected chi connectivity index (χ0v) is 35.8. The van der Waals surface area contributed by atoms with Crippen molar-refractivity contribution in [2.45, 2.75) is 85.6 Å². The van der Waals surface area contributed by atoms with E-state index < -0.39 is 88.6 Å². The van der Waals surface area contributed by atoms with Crippen molar-refractivity contribution < 1.29 is 53.8 Å². The van der Waals surface area contributed by atoms with Crippen LogP contribution in [0.25, 0.3) is 5.57 Å². The molecule has 6 rings (SSSR count). The number of likely N-dealkylation sites (N-methyl/N-ethyl adjacent to an activating group) is 1. The van der Waals surface area contributed by atoms with Crippen LogP contribution < -0.4 is 5.32 Å². The molecule has 1 saturated heterocycles. The molecule has 9 atom stereocenters. The molecule has 0 aromatic heterocycles. The average molecular weight is 836 g/mol. The molecule has 1 aromatic rings. The predicted octanol–water partition coefficient (Wildman–Crippen LogP) is 4.57. The molecular weight excluding hydrogens is 778 g/mol. The molecule has 1 aromatic carbocycles. The van der Waals surface area contributed by atoms with Crippen molar-refractivity contribution in [1.29, 1.82) is 0 Å². The number of aliphatic hydroxyl groups excluding tert-OH is 2. The molecule has 326 valence electrons. The minimum absolute atomic E-state index is 0.0433. The Balaban J connectivity index is 1.73. The number of rotatable bonds is 5. The van der Waals surface area contributed by atoms with Crippen LogP contribution >= 0.6 is 0 Å². The van der Waals surface area contributed by atoms with Crippen molar-refractivity contribution in [1.82, 2.24) is 9.91 Å². The van der Waals surface area contributed by atoms with E-state index in [4.69, 9.17) is 18.9 Å². The zero-order valence-electron chi connectivity index (χ0n) is 35.8. The highest BCUT2D eigenvalue weighted by Crippen LogP contribution is 2.56. The summed E-state index contributed by atoms with van der Waals surface area (Å²) in [5, 5.41) is 59.2. The van der Waals surface area contributed by atoms with Gasteiger partial charge in [-0.15, -0.1) is 4.91 Å². The largest absolute Gasteiger partial charge is 0.507 e. The number of anilines is 1. The van der Waals surface area contributed by atoms with Gasteiger partial charge in [-0.25, -0.2) is 0 Å². The lowest BCUT2D eigenvalue weighted by Crippen LogP contribution is -2.46. The van der Waals surface area contributed by atoms with E-state index in [0.29, 0.717) is 26.2 Å². The number of nitrogens with zero attached hydrogens (tertiary/aromatic N) is 4. The van der Waals surface area contributed by atoms with E-state index in [1.807, 2.05) is 7.05 Å². The van der Waals surface area contributed by atoms with Gasteiger partial charge in [0.1, 0.15) is 17.6 Å². The summed E-state index contributed by atoms with van der Waals surface area (Å²) in [6, 6.07) is 0. The van der Waals surface area contributed by atoms with Crippen LogP contribution in [0.5, 0.6) is 11.5 Å². The summed E-state index contributed by atoms with van der Waals surface area (Å²) in [4.78, 5) is 55.2. The van der Waals surface area contributed by atoms with Crippen LogP contribution in [0.2, 0.25) is 0 Å². The van der Waals surface area contributed by atoms with Crippen LogP contribution in [0, 0.1) is 28.6 Å². The van der Waals surface area contributed by atoms with E-state index in [-0.39, 0.29) is 45.0 Å². The van der Waals surface area contributed by atoms with Crippen LogP contribution in [0.3, 0.4) is 0 Å². The number of ketones is 1. The maximum atomic E-state index is 14.1. The van der Waals surface area contributed by atoms with Crippen LogP contribution in [-0.2, 0) is 28.5 Å². The number of hydrazone groups is 1. The minimum Gasteiger partial charge on any atom is -0.507 e. The lowest BCUT2D eigenvalue weighted by atomic mass is 9.78. The van der Waals surface area contributed by atoms with Gasteiger partial charge in [0, 0.05) is 87.5 Å². The Labute approximate surface area is 349 Å². The number of fused-ring (bicyclic) bond motifs is 14. The van der Waals surface area contributed by atoms with Gasteiger partial charge in [-0.05, 0) is 32.1 Å². The molecule has 4 heterocycles. The summed E-state index contributed by atoms with van der Waals surface area (Å²) in [6.45, 7) is 15.0. The molecule has 0 spiro atoms. The smallest absolute Gasteiger partial charge is 0.302 e. The van der Waals surface area contributed by atoms with Crippen LogP contribution in [0.15, 0.2) is 63.4 Å². The van der Waals surface area contributed by atoms with E-state index in [0.717, 1.165) is 0 Å². The maximum Gasteiger partial charge on any atom is 0.302 e. The summed E-state index contributed by atoms with van der Waals surface area (Å²) in [7, 11) is 3.41. The first-order chi connectivity index (χ1) is 28.3. The van der Waals surface area contributed by atoms with Crippen molar-refractivity contribution in [3.8, 4) is 11.5 Å². The van der Waals surface area contributed by atoms with Crippen molar-refractivity contribution in [3.63, 3.8) is 0 Å². The summed E-state index contributed by atoms with van der Waals surface area (Å²) in [5.41, 5.74) is -1.52. The Morgan fingerprint density at radius 2 is 1.65 bits per heavy atom. The number of nitroso groups, excluding NO2 is 1. The van der Waals surface area contributed by atoms with E-state index in [2.05, 4.69) is 20.5 Å². The van der Waals surface area contributed by atoms with Crippen molar-refractivity contribution in [2.24, 2.45) is 33.9 Å². The molecule has 0 radical (unpaired) electrons. The second-order valence-corrected chi connectivity index (χ2v) is 16.2. The van der Waals surface area contributed by atoms with Crippen LogP contribution in [0.1, 0.15) is 76.9 Å². The summed E-state index contributed by atoms with van der Waals surface area (Å²) < 4.78 is 23.8. The predicted molar refractivity (Wildman–Crippen MR) is 222 cm³/mol. The Bertz CT molecular complexity index is 2070. The molecule has 17 nitrogen and oxygen atoms in total. The lowest BCUT2D eigenvalue weighted by molar-refractivity contribution is -0.160. The van der Waals surface area contributed by atoms with Gasteiger partial charge in [0.2, 0.25) is 0 Å². The fourth-order valence-corrected chi connectivity index (χ4v) is 8.05. The zero-order chi connectivity index (χ0) is 44.4. The van der Waals surface area contributed by atoms with Gasteiger partial charge < -0.3 is 49.6 Å². The number of esters is 1. The highest BCUT2D eigenvalue weighted by molar-refractivity contribution is 6.22. The third kappa shape index (κ3) is 8.89. The van der Waals surface area contributed by atoms with Gasteiger partial charge >= 0.3 is 5.97 Å². The molecule has 1 fully saturated rings. The molecule has 17 heteroatoms. The number of allylic oxidation sites excluding steroid dienone is 4. The highest BCUT2D eigenvalue weighted by atomic mass is 16.7. The summed E-state index contributed by atoms with van der Waals surface area (Å²) in [6.07, 6.45) is 4.76. The fraction of sp³-hybridized carbons (Fsp3) is 0.535. The quantitative estimate of drug-likeness (QED) is 0.0900. The second-order valence-electron chi connectivity index (χ2n) is 16.2. The standard InChI is InChI=1S/C43H57N5O12/c1-21-12-11-13-22(2)42(55)45-33-28(20-44-48-17-15-47(9)16-18-48)37(53)30-31(38(33)54)36(52)26(6)40-32(30)41(46-56)43(8,60-40)58-19-14-29(57-10)23(3)39(59-27(7)49)25(5)35(51)24(4)34(21)50/h11-14,19-21,23-25,29,34-35,39,50-51,53-54H,15-18H2,1-10H3,(H,45,55)/b12-11+,19-14+,22-13-,44-20?/t21-,23+,24+,25+,29-,34-,35+,39+,43-/m0/s1. The van der Waals surface area contributed by atoms with Crippen LogP contribution in [0.4, 0.5) is 5.69 Å². The third-order valence-corrected chi connectivity index (χ3v) is 12.0. The lowest BCUT2D eigenvalue weighted by Gasteiger charge is -2.38. The van der Waals surface area contributed by atoms with E-state index in [1.165, 1.54) is 59.4 Å². The van der Waals surface area contributed by atoms with Gasteiger partial charge in [0.05, 0.1) is 53.2 Å². The van der Waals surface area contributed by atoms with E-state index in [1.54, 1.807) is 44.9 Å². The number of aromatic hydroxyl groups is 2. The Hall–Kier alpha value is -5.36. The number of piperazine rings is 1. The fourth-order valence-electron chi connectivity index (χ4n) is 8.05. The topological polar surface area (TPSA) is 229 Å². The molecule has 1 aliphatic carbocycles. The molecule has 0 unspecified atom stereocenters. The maximum absolute atomic E-state index is 14.1. The Kier molecular flexibility index (Phi) is 14.1. The number of Topliss-reactive ketones (excluding diaryl/α,β-unsaturated/α-hetero) is 1. The molecule has 0 saturated carbocycles. The number of hydrogen-bond donors (Lipinski definition) is 5. The number of phenols is 2. The number of benzene rings is 1. The molecule has 4 aliphatic heterocycles. The van der Waals surface area contributed by atoms with Crippen molar-refractivity contribution >= 4 is 35.1 Å². The van der Waals surface area contributed by atoms with Gasteiger partial charge in [0.25, 0.3) is 11.7 Å². The highest BCUT2D eigenvalue weighted by Gasteiger charge is 2.51. The summed E-state index contributed by atoms with van der Waals surface area (Å²) >= 11 is 0. The van der Waals surface area contributed by atoms with Gasteiger partial charge in [-0.1, -0.05) is 45.9 Å². The average Bonchev–Trinajstić information content (AvgIpc) is 3.51. The summed E-state index contributed by atoms with van der Waals surface area (Å²) in [5.74, 6) is -7.98. The first kappa shape index (κ1) is 45.7. The number of carbonyl (C=O) groups excluding carboxylic acids is 3. The molecule has 5 bridgehead atoms. The van der Waals surface area contributed by atoms with Crippen molar-refractivity contribution in [2.75, 3.05) is 45.7 Å². The minimum atomic E-state index is -1.99. The number of amides is 1. The number of hydrogen-bond acceptors (Lipinski definition) is 16. The Morgan fingerprint density at radius 1 is 0.983 bits per heavy atom. The van der Waals surface area contributed by atoms with E-state index in [9.17, 15) is 39.7 Å².